The molecule has 0 radical (unpaired) electrons. The van der Waals surface area contributed by atoms with Crippen LogP contribution in [-0.2, 0) is 20.7 Å². The van der Waals surface area contributed by atoms with Gasteiger partial charge in [-0.1, -0.05) is 30.3 Å². The van der Waals surface area contributed by atoms with Crippen LogP contribution in [0.25, 0.3) is 0 Å². The summed E-state index contributed by atoms with van der Waals surface area (Å²) in [5.41, 5.74) is 1.34. The van der Waals surface area contributed by atoms with Gasteiger partial charge in [0.2, 0.25) is 11.8 Å². The van der Waals surface area contributed by atoms with Gasteiger partial charge in [-0.05, 0) is 24.8 Å². The first-order chi connectivity index (χ1) is 11.1. The molecule has 1 aromatic rings. The Balaban J connectivity index is 1.70. The van der Waals surface area contributed by atoms with Gasteiger partial charge in [0.05, 0.1) is 6.10 Å². The van der Waals surface area contributed by atoms with Crippen LogP contribution >= 0.6 is 0 Å². The number of benzene rings is 1. The Morgan fingerprint density at radius 1 is 1.26 bits per heavy atom. The number of amides is 2. The molecule has 1 aliphatic rings. The molecule has 1 heterocycles. The summed E-state index contributed by atoms with van der Waals surface area (Å²) in [5.74, 6) is -0.191. The predicted molar refractivity (Wildman–Crippen MR) is 89.0 cm³/mol. The van der Waals surface area contributed by atoms with Crippen LogP contribution in [0.2, 0.25) is 0 Å². The fourth-order valence-electron chi connectivity index (χ4n) is 3.01. The Hall–Kier alpha value is -1.88. The number of unbranched alkanes of at least 4 members (excludes halogenated alkanes) is 1. The molecule has 5 heteroatoms. The Kier molecular flexibility index (Phi) is 6.59. The molecule has 1 saturated heterocycles. The van der Waals surface area contributed by atoms with Crippen LogP contribution < -0.4 is 5.32 Å². The quantitative estimate of drug-likeness (QED) is 0.779. The number of nitrogens with zero attached hydrogens (tertiary/aromatic N) is 1. The molecular formula is C18H26N2O3. The third-order valence-electron chi connectivity index (χ3n) is 4.27. The lowest BCUT2D eigenvalue weighted by Gasteiger charge is -2.21. The van der Waals surface area contributed by atoms with E-state index in [2.05, 4.69) is 29.6 Å². The van der Waals surface area contributed by atoms with E-state index in [0.717, 1.165) is 19.3 Å². The molecule has 2 atom stereocenters. The molecule has 0 saturated carbocycles. The van der Waals surface area contributed by atoms with Crippen molar-refractivity contribution in [3.8, 4) is 0 Å². The maximum Gasteiger partial charge on any atom is 0.242 e. The van der Waals surface area contributed by atoms with Crippen molar-refractivity contribution in [1.29, 1.82) is 0 Å². The topological polar surface area (TPSA) is 58.6 Å². The number of likely N-dealkylation sites (tertiary alicyclic amines) is 1. The van der Waals surface area contributed by atoms with Gasteiger partial charge in [0, 0.05) is 33.5 Å². The van der Waals surface area contributed by atoms with E-state index in [1.807, 2.05) is 6.07 Å². The lowest BCUT2D eigenvalue weighted by molar-refractivity contribution is -0.136. The largest absolute Gasteiger partial charge is 0.376 e. The minimum absolute atomic E-state index is 0.0436. The summed E-state index contributed by atoms with van der Waals surface area (Å²) in [7, 11) is 1.60. The third-order valence-corrected chi connectivity index (χ3v) is 4.27. The second-order valence-corrected chi connectivity index (χ2v) is 5.97. The predicted octanol–water partition coefficient (Wildman–Crippen LogP) is 1.76. The average Bonchev–Trinajstić information content (AvgIpc) is 2.99. The molecule has 2 rings (SSSR count). The fraction of sp³-hybridized carbons (Fsp3) is 0.556. The van der Waals surface area contributed by atoms with Crippen molar-refractivity contribution >= 4 is 11.8 Å². The number of nitrogens with one attached hydrogen (secondary N) is 1. The SMILES string of the molecule is CNC(=O)[C@@H]1C[C@@H](OCCCCc2ccccc2)CN1C(C)=O. The van der Waals surface area contributed by atoms with Crippen molar-refractivity contribution in [3.05, 3.63) is 35.9 Å². The molecule has 1 aliphatic heterocycles. The van der Waals surface area contributed by atoms with E-state index in [1.165, 1.54) is 12.5 Å². The van der Waals surface area contributed by atoms with Crippen LogP contribution in [-0.4, -0.2) is 49.1 Å². The lowest BCUT2D eigenvalue weighted by atomic mass is 10.1. The summed E-state index contributed by atoms with van der Waals surface area (Å²) in [6, 6.07) is 10.0. The Morgan fingerprint density at radius 2 is 2.00 bits per heavy atom. The highest BCUT2D eigenvalue weighted by Crippen LogP contribution is 2.21. The highest BCUT2D eigenvalue weighted by Gasteiger charge is 2.38. The number of aryl methyl sites for hydroxylation is 1. The molecule has 1 fully saturated rings. The third kappa shape index (κ3) is 5.06. The second-order valence-electron chi connectivity index (χ2n) is 5.97. The fourth-order valence-corrected chi connectivity index (χ4v) is 3.01. The van der Waals surface area contributed by atoms with Gasteiger partial charge < -0.3 is 15.0 Å². The van der Waals surface area contributed by atoms with E-state index < -0.39 is 6.04 Å². The van der Waals surface area contributed by atoms with Crippen molar-refractivity contribution in [2.24, 2.45) is 0 Å². The number of carbonyl (C=O) groups is 2. The van der Waals surface area contributed by atoms with E-state index >= 15 is 0 Å². The van der Waals surface area contributed by atoms with Crippen LogP contribution in [0.15, 0.2) is 30.3 Å². The molecule has 0 unspecified atom stereocenters. The van der Waals surface area contributed by atoms with Crippen LogP contribution in [0.1, 0.15) is 31.7 Å². The van der Waals surface area contributed by atoms with Gasteiger partial charge >= 0.3 is 0 Å². The number of carbonyl (C=O) groups excluding carboxylic acids is 2. The normalized spacial score (nSPS) is 20.5. The molecule has 5 nitrogen and oxygen atoms in total. The number of hydrogen-bond donors (Lipinski definition) is 1. The van der Waals surface area contributed by atoms with E-state index in [9.17, 15) is 9.59 Å². The van der Waals surface area contributed by atoms with Gasteiger partial charge in [-0.3, -0.25) is 9.59 Å². The smallest absolute Gasteiger partial charge is 0.242 e. The van der Waals surface area contributed by atoms with Crippen LogP contribution in [0, 0.1) is 0 Å². The standard InChI is InChI=1S/C18H26N2O3/c1-14(21)20-13-16(12-17(20)18(22)19-2)23-11-7-6-10-15-8-4-3-5-9-15/h3-5,8-9,16-17H,6-7,10-13H2,1-2H3,(H,19,22)/t16-,17+/m1/s1. The van der Waals surface area contributed by atoms with Gasteiger partial charge in [-0.25, -0.2) is 0 Å². The van der Waals surface area contributed by atoms with Crippen molar-refractivity contribution in [1.82, 2.24) is 10.2 Å². The summed E-state index contributed by atoms with van der Waals surface area (Å²) in [6.07, 6.45) is 3.65. The van der Waals surface area contributed by atoms with E-state index in [-0.39, 0.29) is 17.9 Å². The molecule has 0 aliphatic carbocycles. The zero-order valence-corrected chi connectivity index (χ0v) is 14.0. The lowest BCUT2D eigenvalue weighted by Crippen LogP contribution is -2.44. The summed E-state index contributed by atoms with van der Waals surface area (Å²) in [6.45, 7) is 2.67. The van der Waals surface area contributed by atoms with Crippen LogP contribution in [0.4, 0.5) is 0 Å². The van der Waals surface area contributed by atoms with Gasteiger partial charge in [-0.2, -0.15) is 0 Å². The monoisotopic (exact) mass is 318 g/mol. The van der Waals surface area contributed by atoms with E-state index in [4.69, 9.17) is 4.74 Å². The summed E-state index contributed by atoms with van der Waals surface area (Å²) < 4.78 is 5.87. The number of ether oxygens (including phenoxy) is 1. The Morgan fingerprint density at radius 3 is 2.65 bits per heavy atom. The molecule has 1 N–H and O–H groups in total. The molecule has 0 aromatic heterocycles. The highest BCUT2D eigenvalue weighted by molar-refractivity contribution is 5.87. The molecule has 126 valence electrons. The molecule has 1 aromatic carbocycles. The summed E-state index contributed by atoms with van der Waals surface area (Å²) in [4.78, 5) is 25.1. The maximum atomic E-state index is 11.8. The van der Waals surface area contributed by atoms with Crippen molar-refractivity contribution in [3.63, 3.8) is 0 Å². The Labute approximate surface area is 138 Å². The number of hydrogen-bond acceptors (Lipinski definition) is 3. The maximum absolute atomic E-state index is 11.8. The summed E-state index contributed by atoms with van der Waals surface area (Å²) in [5, 5.41) is 2.62. The van der Waals surface area contributed by atoms with Crippen LogP contribution in [0.3, 0.4) is 0 Å². The first kappa shape index (κ1) is 17.5. The molecule has 23 heavy (non-hydrogen) atoms. The molecular weight excluding hydrogens is 292 g/mol. The van der Waals surface area contributed by atoms with Gasteiger partial charge in [0.1, 0.15) is 6.04 Å². The van der Waals surface area contributed by atoms with Crippen LogP contribution in [0.5, 0.6) is 0 Å². The minimum atomic E-state index is -0.396. The molecule has 0 spiro atoms. The van der Waals surface area contributed by atoms with Gasteiger partial charge in [0.25, 0.3) is 0 Å². The van der Waals surface area contributed by atoms with Gasteiger partial charge in [-0.15, -0.1) is 0 Å². The number of rotatable bonds is 7. The number of likely N-dealkylation sites (N-methyl/N-ethyl adjacent to an activating group) is 1. The molecule has 0 bridgehead atoms. The zero-order valence-electron chi connectivity index (χ0n) is 14.0. The molecule has 2 amide bonds. The van der Waals surface area contributed by atoms with Gasteiger partial charge in [0.15, 0.2) is 0 Å². The summed E-state index contributed by atoms with van der Waals surface area (Å²) >= 11 is 0. The zero-order chi connectivity index (χ0) is 16.7. The first-order valence-corrected chi connectivity index (χ1v) is 8.26. The van der Waals surface area contributed by atoms with Crippen molar-refractivity contribution < 1.29 is 14.3 Å². The highest BCUT2D eigenvalue weighted by atomic mass is 16.5. The first-order valence-electron chi connectivity index (χ1n) is 8.26. The Bertz CT molecular complexity index is 518. The second kappa shape index (κ2) is 8.67. The van der Waals surface area contributed by atoms with Crippen molar-refractivity contribution in [2.45, 2.75) is 44.8 Å². The van der Waals surface area contributed by atoms with Crippen molar-refractivity contribution in [2.75, 3.05) is 20.2 Å². The minimum Gasteiger partial charge on any atom is -0.376 e. The van der Waals surface area contributed by atoms with E-state index in [0.29, 0.717) is 19.6 Å². The van der Waals surface area contributed by atoms with E-state index in [1.54, 1.807) is 11.9 Å². The average molecular weight is 318 g/mol.